The number of anilines is 1. The average Bonchev–Trinajstić information content (AvgIpc) is 2.61. The van der Waals surface area contributed by atoms with Crippen molar-refractivity contribution in [2.45, 2.75) is 37.7 Å². The number of carbonyl (C=O) groups is 1. The molecule has 1 N–H and O–H groups in total. The quantitative estimate of drug-likeness (QED) is 0.408. The molecule has 0 aliphatic heterocycles. The van der Waals surface area contributed by atoms with Crippen molar-refractivity contribution in [3.8, 4) is 0 Å². The van der Waals surface area contributed by atoms with E-state index in [1.54, 1.807) is 45.0 Å². The van der Waals surface area contributed by atoms with Crippen LogP contribution in [0, 0.1) is 10.1 Å². The second-order valence-electron chi connectivity index (χ2n) is 7.10. The Morgan fingerprint density at radius 1 is 1.14 bits per heavy atom. The van der Waals surface area contributed by atoms with Crippen molar-refractivity contribution in [1.29, 1.82) is 0 Å². The molecular weight excluding hydrogens is 400 g/mol. The monoisotopic (exact) mass is 422 g/mol. The van der Waals surface area contributed by atoms with E-state index in [4.69, 9.17) is 8.92 Å². The number of rotatable bonds is 7. The van der Waals surface area contributed by atoms with Gasteiger partial charge in [-0.25, -0.2) is 4.79 Å². The Hall–Kier alpha value is -2.98. The van der Waals surface area contributed by atoms with Gasteiger partial charge in [0.25, 0.3) is 15.8 Å². The predicted molar refractivity (Wildman–Crippen MR) is 106 cm³/mol. The highest BCUT2D eigenvalue weighted by Gasteiger charge is 2.19. The van der Waals surface area contributed by atoms with Crippen molar-refractivity contribution in [2.75, 3.05) is 11.9 Å². The first-order valence-corrected chi connectivity index (χ1v) is 10.1. The molecule has 0 heterocycles. The summed E-state index contributed by atoms with van der Waals surface area (Å²) in [6.07, 6.45) is -0.280. The number of carbonyl (C=O) groups excluding carboxylic acids is 1. The van der Waals surface area contributed by atoms with Gasteiger partial charge in [-0.05, 0) is 51.0 Å². The van der Waals surface area contributed by atoms with Crippen LogP contribution in [-0.2, 0) is 25.5 Å². The summed E-state index contributed by atoms with van der Waals surface area (Å²) in [5.41, 5.74) is 0.385. The summed E-state index contributed by atoms with van der Waals surface area (Å²) in [7, 11) is -4.11. The number of nitro groups is 1. The van der Waals surface area contributed by atoms with E-state index in [2.05, 4.69) is 5.32 Å². The fourth-order valence-corrected chi connectivity index (χ4v) is 3.22. The maximum atomic E-state index is 12.2. The van der Waals surface area contributed by atoms with Crippen molar-refractivity contribution < 1.29 is 27.1 Å². The van der Waals surface area contributed by atoms with Crippen LogP contribution >= 0.6 is 0 Å². The first-order valence-electron chi connectivity index (χ1n) is 8.69. The number of nitrogens with one attached hydrogen (secondary N) is 1. The van der Waals surface area contributed by atoms with Crippen LogP contribution in [0.2, 0.25) is 0 Å². The van der Waals surface area contributed by atoms with Gasteiger partial charge in [0.05, 0.1) is 11.5 Å². The SMILES string of the molecule is CC(C)(C)OC(=O)Nc1ccc(CCOS(=O)(=O)c2cccc([N+](=O)[O-])c2)cc1. The maximum Gasteiger partial charge on any atom is 0.412 e. The molecule has 29 heavy (non-hydrogen) atoms. The number of ether oxygens (including phenoxy) is 1. The number of non-ortho nitro benzene ring substituents is 1. The largest absolute Gasteiger partial charge is 0.444 e. The van der Waals surface area contributed by atoms with E-state index < -0.39 is 26.7 Å². The zero-order chi connectivity index (χ0) is 21.7. The van der Waals surface area contributed by atoms with E-state index in [-0.39, 0.29) is 17.2 Å². The molecule has 0 aliphatic rings. The third-order valence-electron chi connectivity index (χ3n) is 3.55. The van der Waals surface area contributed by atoms with Crippen molar-refractivity contribution >= 4 is 27.6 Å². The number of hydrogen-bond donors (Lipinski definition) is 1. The molecule has 0 unspecified atom stereocenters. The second-order valence-corrected chi connectivity index (χ2v) is 8.72. The number of nitrogens with zero attached hydrogens (tertiary/aromatic N) is 1. The summed E-state index contributed by atoms with van der Waals surface area (Å²) in [4.78, 5) is 21.6. The minimum Gasteiger partial charge on any atom is -0.444 e. The fraction of sp³-hybridized carbons (Fsp3) is 0.316. The van der Waals surface area contributed by atoms with E-state index in [1.165, 1.54) is 18.2 Å². The molecule has 0 aliphatic carbocycles. The van der Waals surface area contributed by atoms with E-state index in [0.717, 1.165) is 11.6 Å². The van der Waals surface area contributed by atoms with Crippen LogP contribution in [-0.4, -0.2) is 31.6 Å². The fourth-order valence-electron chi connectivity index (χ4n) is 2.27. The van der Waals surface area contributed by atoms with Crippen LogP contribution in [0.25, 0.3) is 0 Å². The van der Waals surface area contributed by atoms with Crippen LogP contribution in [0.15, 0.2) is 53.4 Å². The van der Waals surface area contributed by atoms with Crippen molar-refractivity contribution in [3.63, 3.8) is 0 Å². The van der Waals surface area contributed by atoms with Gasteiger partial charge in [-0.15, -0.1) is 0 Å². The lowest BCUT2D eigenvalue weighted by molar-refractivity contribution is -0.385. The molecular formula is C19H22N2O7S. The van der Waals surface area contributed by atoms with Crippen LogP contribution < -0.4 is 5.32 Å². The Kier molecular flexibility index (Phi) is 6.93. The standard InChI is InChI=1S/C19H22N2O7S/c1-19(2,3)28-18(22)20-15-9-7-14(8-10-15)11-12-27-29(25,26)17-6-4-5-16(13-17)21(23)24/h4-10,13H,11-12H2,1-3H3,(H,20,22). The van der Waals surface area contributed by atoms with Gasteiger partial charge < -0.3 is 4.74 Å². The number of amides is 1. The van der Waals surface area contributed by atoms with Crippen LogP contribution in [0.3, 0.4) is 0 Å². The molecule has 0 radical (unpaired) electrons. The van der Waals surface area contributed by atoms with Crippen LogP contribution in [0.1, 0.15) is 26.3 Å². The highest BCUT2D eigenvalue weighted by atomic mass is 32.2. The highest BCUT2D eigenvalue weighted by molar-refractivity contribution is 7.86. The van der Waals surface area contributed by atoms with Crippen LogP contribution in [0.4, 0.5) is 16.2 Å². The van der Waals surface area contributed by atoms with Gasteiger partial charge in [-0.1, -0.05) is 18.2 Å². The topological polar surface area (TPSA) is 125 Å². The molecule has 156 valence electrons. The summed E-state index contributed by atoms with van der Waals surface area (Å²) in [6.45, 7) is 5.15. The minimum absolute atomic E-state index is 0.135. The molecule has 0 saturated heterocycles. The lowest BCUT2D eigenvalue weighted by atomic mass is 10.1. The van der Waals surface area contributed by atoms with Gasteiger partial charge in [-0.3, -0.25) is 19.6 Å². The lowest BCUT2D eigenvalue weighted by Crippen LogP contribution is -2.27. The maximum absolute atomic E-state index is 12.2. The number of benzene rings is 2. The van der Waals surface area contributed by atoms with Crippen molar-refractivity contribution in [1.82, 2.24) is 0 Å². The second kappa shape index (κ2) is 9.01. The smallest absolute Gasteiger partial charge is 0.412 e. The van der Waals surface area contributed by atoms with Gasteiger partial charge in [-0.2, -0.15) is 8.42 Å². The summed E-state index contributed by atoms with van der Waals surface area (Å²) in [5, 5.41) is 13.4. The van der Waals surface area contributed by atoms with Gasteiger partial charge in [0.2, 0.25) is 0 Å². The summed E-state index contributed by atoms with van der Waals surface area (Å²) < 4.78 is 34.5. The molecule has 10 heteroatoms. The van der Waals surface area contributed by atoms with E-state index in [1.807, 2.05) is 0 Å². The average molecular weight is 422 g/mol. The summed E-state index contributed by atoms with van der Waals surface area (Å²) in [6, 6.07) is 11.4. The minimum atomic E-state index is -4.11. The number of hydrogen-bond acceptors (Lipinski definition) is 7. The molecule has 1 amide bonds. The molecule has 0 bridgehead atoms. The Balaban J connectivity index is 1.91. The zero-order valence-corrected chi connectivity index (χ0v) is 17.1. The van der Waals surface area contributed by atoms with Gasteiger partial charge >= 0.3 is 6.09 Å². The Morgan fingerprint density at radius 2 is 1.79 bits per heavy atom. The van der Waals surface area contributed by atoms with Gasteiger partial charge in [0.15, 0.2) is 0 Å². The first kappa shape index (κ1) is 22.3. The Bertz CT molecular complexity index is 980. The molecule has 2 aromatic rings. The molecule has 0 spiro atoms. The summed E-state index contributed by atoms with van der Waals surface area (Å²) in [5.74, 6) is 0. The molecule has 0 fully saturated rings. The number of nitro benzene ring substituents is 1. The van der Waals surface area contributed by atoms with Crippen molar-refractivity contribution in [3.05, 3.63) is 64.2 Å². The molecule has 0 aromatic heterocycles. The third kappa shape index (κ3) is 7.16. The van der Waals surface area contributed by atoms with Gasteiger partial charge in [0.1, 0.15) is 10.5 Å². The molecule has 0 saturated carbocycles. The first-order chi connectivity index (χ1) is 13.5. The highest BCUT2D eigenvalue weighted by Crippen LogP contribution is 2.19. The zero-order valence-electron chi connectivity index (χ0n) is 16.2. The van der Waals surface area contributed by atoms with Crippen molar-refractivity contribution in [2.24, 2.45) is 0 Å². The third-order valence-corrected chi connectivity index (χ3v) is 4.85. The molecule has 2 aromatic carbocycles. The van der Waals surface area contributed by atoms with E-state index in [0.29, 0.717) is 12.1 Å². The molecule has 2 rings (SSSR count). The van der Waals surface area contributed by atoms with E-state index in [9.17, 15) is 23.3 Å². The molecule has 0 atom stereocenters. The lowest BCUT2D eigenvalue weighted by Gasteiger charge is -2.19. The summed E-state index contributed by atoms with van der Waals surface area (Å²) >= 11 is 0. The normalized spacial score (nSPS) is 11.7. The predicted octanol–water partition coefficient (Wildman–Crippen LogP) is 3.89. The van der Waals surface area contributed by atoms with Crippen LogP contribution in [0.5, 0.6) is 0 Å². The van der Waals surface area contributed by atoms with E-state index >= 15 is 0 Å². The Morgan fingerprint density at radius 3 is 2.38 bits per heavy atom. The Labute approximate surface area is 168 Å². The molecule has 9 nitrogen and oxygen atoms in total. The van der Waals surface area contributed by atoms with Gasteiger partial charge in [0, 0.05) is 17.8 Å².